The first-order chi connectivity index (χ1) is 7.34. The third kappa shape index (κ3) is 3.34. The Hall–Kier alpha value is -0.830. The molecule has 0 aliphatic heterocycles. The van der Waals surface area contributed by atoms with Crippen LogP contribution in [0, 0.1) is 0 Å². The molecular formula is C11H15ClN2O. The minimum absolute atomic E-state index is 0.251. The predicted octanol–water partition coefficient (Wildman–Crippen LogP) is 3.23. The van der Waals surface area contributed by atoms with Gasteiger partial charge in [-0.15, -0.1) is 0 Å². The average Bonchev–Trinajstić information content (AvgIpc) is 2.46. The van der Waals surface area contributed by atoms with Crippen LogP contribution in [0.3, 0.4) is 0 Å². The summed E-state index contributed by atoms with van der Waals surface area (Å²) in [5.41, 5.74) is 0. The van der Waals surface area contributed by atoms with Crippen LogP contribution >= 0.6 is 11.6 Å². The molecule has 0 unspecified atom stereocenters. The van der Waals surface area contributed by atoms with Gasteiger partial charge in [0.15, 0.2) is 0 Å². The average molecular weight is 227 g/mol. The Morgan fingerprint density at radius 3 is 2.60 bits per heavy atom. The Balaban J connectivity index is 1.95. The maximum Gasteiger partial charge on any atom is 0.225 e. The third-order valence-corrected chi connectivity index (χ3v) is 2.87. The Bertz CT molecular complexity index is 311. The van der Waals surface area contributed by atoms with Crippen molar-refractivity contribution < 1.29 is 4.74 Å². The maximum absolute atomic E-state index is 5.78. The molecule has 82 valence electrons. The lowest BCUT2D eigenvalue weighted by molar-refractivity contribution is 0.176. The van der Waals surface area contributed by atoms with Crippen LogP contribution in [0.1, 0.15) is 38.5 Å². The molecule has 0 aromatic carbocycles. The molecule has 1 aromatic heterocycles. The smallest absolute Gasteiger partial charge is 0.225 e. The Morgan fingerprint density at radius 2 is 1.93 bits per heavy atom. The minimum atomic E-state index is 0.251. The van der Waals surface area contributed by atoms with E-state index >= 15 is 0 Å². The third-order valence-electron chi connectivity index (χ3n) is 2.69. The summed E-state index contributed by atoms with van der Waals surface area (Å²) >= 11 is 5.69. The van der Waals surface area contributed by atoms with Gasteiger partial charge in [0.1, 0.15) is 6.10 Å². The summed E-state index contributed by atoms with van der Waals surface area (Å²) in [7, 11) is 0. The lowest BCUT2D eigenvalue weighted by Gasteiger charge is -2.15. The van der Waals surface area contributed by atoms with Crippen LogP contribution in [-0.2, 0) is 0 Å². The lowest BCUT2D eigenvalue weighted by Crippen LogP contribution is -2.15. The Kier molecular flexibility index (Phi) is 3.78. The molecule has 0 N–H and O–H groups in total. The number of halogens is 1. The molecule has 1 fully saturated rings. The second-order valence-electron chi connectivity index (χ2n) is 3.90. The molecule has 1 aromatic rings. The van der Waals surface area contributed by atoms with E-state index in [2.05, 4.69) is 9.97 Å². The van der Waals surface area contributed by atoms with Crippen molar-refractivity contribution in [2.75, 3.05) is 0 Å². The molecule has 1 heterocycles. The van der Waals surface area contributed by atoms with Crippen molar-refractivity contribution >= 4 is 11.6 Å². The van der Waals surface area contributed by atoms with Crippen LogP contribution in [0.5, 0.6) is 5.88 Å². The van der Waals surface area contributed by atoms with E-state index in [1.54, 1.807) is 12.3 Å². The van der Waals surface area contributed by atoms with E-state index in [1.165, 1.54) is 25.7 Å². The van der Waals surface area contributed by atoms with Crippen LogP contribution in [0.2, 0.25) is 5.28 Å². The quantitative estimate of drug-likeness (QED) is 0.574. The Labute approximate surface area is 94.8 Å². The second kappa shape index (κ2) is 5.31. The zero-order valence-corrected chi connectivity index (χ0v) is 9.41. The highest BCUT2D eigenvalue weighted by atomic mass is 35.5. The summed E-state index contributed by atoms with van der Waals surface area (Å²) in [6, 6.07) is 1.76. The maximum atomic E-state index is 5.78. The van der Waals surface area contributed by atoms with E-state index in [9.17, 15) is 0 Å². The van der Waals surface area contributed by atoms with Gasteiger partial charge in [-0.3, -0.25) is 0 Å². The Morgan fingerprint density at radius 1 is 1.20 bits per heavy atom. The highest BCUT2D eigenvalue weighted by Gasteiger charge is 2.14. The summed E-state index contributed by atoms with van der Waals surface area (Å²) in [6.07, 6.45) is 9.34. The molecule has 0 amide bonds. The molecule has 0 radical (unpaired) electrons. The predicted molar refractivity (Wildman–Crippen MR) is 59.2 cm³/mol. The van der Waals surface area contributed by atoms with E-state index in [-0.39, 0.29) is 5.28 Å². The van der Waals surface area contributed by atoms with Crippen molar-refractivity contribution in [2.45, 2.75) is 44.6 Å². The molecule has 4 heteroatoms. The fourth-order valence-electron chi connectivity index (χ4n) is 1.92. The van der Waals surface area contributed by atoms with Gasteiger partial charge in [0.2, 0.25) is 11.2 Å². The second-order valence-corrected chi connectivity index (χ2v) is 4.23. The summed E-state index contributed by atoms with van der Waals surface area (Å²) in [5, 5.41) is 0.251. The van der Waals surface area contributed by atoms with E-state index in [4.69, 9.17) is 16.3 Å². The van der Waals surface area contributed by atoms with Crippen LogP contribution < -0.4 is 4.74 Å². The summed E-state index contributed by atoms with van der Waals surface area (Å²) in [4.78, 5) is 7.86. The van der Waals surface area contributed by atoms with Crippen LogP contribution in [0.25, 0.3) is 0 Å². The largest absolute Gasteiger partial charge is 0.474 e. The molecule has 1 saturated carbocycles. The number of rotatable bonds is 2. The molecule has 1 aliphatic rings. The first-order valence-corrected chi connectivity index (χ1v) is 5.87. The highest BCUT2D eigenvalue weighted by Crippen LogP contribution is 2.21. The van der Waals surface area contributed by atoms with Gasteiger partial charge in [0.05, 0.1) is 0 Å². The molecule has 0 atom stereocenters. The number of hydrogen-bond acceptors (Lipinski definition) is 3. The summed E-state index contributed by atoms with van der Waals surface area (Å²) in [6.45, 7) is 0. The van der Waals surface area contributed by atoms with Gasteiger partial charge in [-0.1, -0.05) is 12.8 Å². The normalized spacial score (nSPS) is 18.5. The standard InChI is InChI=1S/C11H15ClN2O/c12-11-13-8-7-10(14-11)15-9-5-3-1-2-4-6-9/h7-9H,1-6H2. The summed E-state index contributed by atoms with van der Waals surface area (Å²) < 4.78 is 5.78. The number of ether oxygens (including phenoxy) is 1. The SMILES string of the molecule is Clc1nccc(OC2CCCCCC2)n1. The summed E-state index contributed by atoms with van der Waals surface area (Å²) in [5.74, 6) is 0.599. The highest BCUT2D eigenvalue weighted by molar-refractivity contribution is 6.28. The molecule has 15 heavy (non-hydrogen) atoms. The van der Waals surface area contributed by atoms with Crippen molar-refractivity contribution in [3.05, 3.63) is 17.5 Å². The zero-order chi connectivity index (χ0) is 10.5. The molecule has 0 saturated heterocycles. The molecule has 3 nitrogen and oxygen atoms in total. The van der Waals surface area contributed by atoms with Gasteiger partial charge in [0, 0.05) is 12.3 Å². The van der Waals surface area contributed by atoms with E-state index in [1.807, 2.05) is 0 Å². The van der Waals surface area contributed by atoms with Gasteiger partial charge in [-0.05, 0) is 37.3 Å². The molecule has 0 bridgehead atoms. The minimum Gasteiger partial charge on any atom is -0.474 e. The number of nitrogens with zero attached hydrogens (tertiary/aromatic N) is 2. The monoisotopic (exact) mass is 226 g/mol. The van der Waals surface area contributed by atoms with Crippen molar-refractivity contribution in [1.29, 1.82) is 0 Å². The first kappa shape index (κ1) is 10.7. The molecule has 1 aliphatic carbocycles. The van der Waals surface area contributed by atoms with Gasteiger partial charge in [0.25, 0.3) is 0 Å². The molecule has 2 rings (SSSR count). The van der Waals surface area contributed by atoms with Gasteiger partial charge in [-0.25, -0.2) is 4.98 Å². The van der Waals surface area contributed by atoms with Gasteiger partial charge in [-0.2, -0.15) is 4.98 Å². The van der Waals surface area contributed by atoms with Crippen LogP contribution in [-0.4, -0.2) is 16.1 Å². The topological polar surface area (TPSA) is 35.0 Å². The molecule has 0 spiro atoms. The molecular weight excluding hydrogens is 212 g/mol. The van der Waals surface area contributed by atoms with E-state index < -0.39 is 0 Å². The van der Waals surface area contributed by atoms with Crippen LogP contribution in [0.4, 0.5) is 0 Å². The number of hydrogen-bond donors (Lipinski definition) is 0. The van der Waals surface area contributed by atoms with Crippen LogP contribution in [0.15, 0.2) is 12.3 Å². The fourth-order valence-corrected chi connectivity index (χ4v) is 2.06. The van der Waals surface area contributed by atoms with Gasteiger partial charge < -0.3 is 4.74 Å². The van der Waals surface area contributed by atoms with E-state index in [0.29, 0.717) is 12.0 Å². The lowest BCUT2D eigenvalue weighted by atomic mass is 10.1. The van der Waals surface area contributed by atoms with Crippen molar-refractivity contribution in [3.8, 4) is 5.88 Å². The van der Waals surface area contributed by atoms with Crippen molar-refractivity contribution in [3.63, 3.8) is 0 Å². The fraction of sp³-hybridized carbons (Fsp3) is 0.636. The van der Waals surface area contributed by atoms with Gasteiger partial charge >= 0.3 is 0 Å². The van der Waals surface area contributed by atoms with Crippen molar-refractivity contribution in [1.82, 2.24) is 9.97 Å². The van der Waals surface area contributed by atoms with E-state index in [0.717, 1.165) is 12.8 Å². The number of aromatic nitrogens is 2. The first-order valence-electron chi connectivity index (χ1n) is 5.50. The zero-order valence-electron chi connectivity index (χ0n) is 8.66. The van der Waals surface area contributed by atoms with Crippen molar-refractivity contribution in [2.24, 2.45) is 0 Å².